The molecule has 2 aliphatic rings. The first-order chi connectivity index (χ1) is 16.6. The summed E-state index contributed by atoms with van der Waals surface area (Å²) < 4.78 is 40.3. The number of carbonyl (C=O) groups is 1. The number of carbonyl (C=O) groups excluding carboxylic acids is 1. The standard InChI is InChI=1S/C24H24Cl2F3N5O/c25-13-4-6-18-16(11-13)15-8-10-33(21(23(30)35)20(15)31-18)12-14-3-1-2-9-34(14)19-7-5-17(26)22(32-19)24(27,28)29/h4-7,11,14,21,31H,1-3,8-10,12H2,(H2,30,35). The van der Waals surface area contributed by atoms with Gasteiger partial charge in [-0.25, -0.2) is 4.98 Å². The number of anilines is 1. The number of halogens is 5. The first-order valence-electron chi connectivity index (χ1n) is 11.5. The number of alkyl halides is 3. The fourth-order valence-electron chi connectivity index (χ4n) is 5.38. The molecule has 0 radical (unpaired) electrons. The van der Waals surface area contributed by atoms with Gasteiger partial charge in [-0.3, -0.25) is 9.69 Å². The molecule has 5 rings (SSSR count). The molecule has 2 unspecified atom stereocenters. The lowest BCUT2D eigenvalue weighted by atomic mass is 9.94. The Morgan fingerprint density at radius 2 is 1.97 bits per heavy atom. The van der Waals surface area contributed by atoms with Gasteiger partial charge in [0, 0.05) is 47.3 Å². The second kappa shape index (κ2) is 9.19. The fraction of sp³-hybridized carbons (Fsp3) is 0.417. The molecule has 2 atom stereocenters. The number of nitrogens with two attached hydrogens (primary N) is 1. The number of aromatic amines is 1. The summed E-state index contributed by atoms with van der Waals surface area (Å²) in [6.07, 6.45) is -1.40. The van der Waals surface area contributed by atoms with E-state index in [1.54, 1.807) is 6.07 Å². The summed E-state index contributed by atoms with van der Waals surface area (Å²) in [5.41, 5.74) is 7.45. The molecule has 3 aromatic rings. The van der Waals surface area contributed by atoms with Gasteiger partial charge in [-0.15, -0.1) is 0 Å². The fourth-order valence-corrected chi connectivity index (χ4v) is 5.77. The third kappa shape index (κ3) is 4.57. The molecule has 11 heteroatoms. The molecule has 4 heterocycles. The number of hydrogen-bond donors (Lipinski definition) is 2. The van der Waals surface area contributed by atoms with Gasteiger partial charge < -0.3 is 15.6 Å². The predicted molar refractivity (Wildman–Crippen MR) is 130 cm³/mol. The number of rotatable bonds is 4. The lowest BCUT2D eigenvalue weighted by Crippen LogP contribution is -2.51. The highest BCUT2D eigenvalue weighted by atomic mass is 35.5. The first-order valence-corrected chi connectivity index (χ1v) is 12.2. The van der Waals surface area contributed by atoms with Gasteiger partial charge in [-0.1, -0.05) is 23.2 Å². The number of benzene rings is 1. The van der Waals surface area contributed by atoms with E-state index in [1.165, 1.54) is 12.1 Å². The number of pyridine rings is 1. The van der Waals surface area contributed by atoms with Crippen LogP contribution < -0.4 is 10.6 Å². The van der Waals surface area contributed by atoms with Crippen molar-refractivity contribution in [2.24, 2.45) is 5.73 Å². The van der Waals surface area contributed by atoms with Crippen LogP contribution in [0.15, 0.2) is 30.3 Å². The van der Waals surface area contributed by atoms with Crippen molar-refractivity contribution in [1.82, 2.24) is 14.9 Å². The van der Waals surface area contributed by atoms with Crippen LogP contribution in [0.2, 0.25) is 10.0 Å². The maximum atomic E-state index is 13.4. The molecule has 2 aliphatic heterocycles. The Bertz CT molecular complexity index is 1280. The Morgan fingerprint density at radius 3 is 2.71 bits per heavy atom. The van der Waals surface area contributed by atoms with Crippen LogP contribution in [0.5, 0.6) is 0 Å². The molecule has 2 aromatic heterocycles. The van der Waals surface area contributed by atoms with Gasteiger partial charge in [0.15, 0.2) is 5.69 Å². The van der Waals surface area contributed by atoms with Crippen molar-refractivity contribution in [3.8, 4) is 0 Å². The van der Waals surface area contributed by atoms with Crippen molar-refractivity contribution in [1.29, 1.82) is 0 Å². The second-order valence-electron chi connectivity index (χ2n) is 9.10. The summed E-state index contributed by atoms with van der Waals surface area (Å²) in [6.45, 7) is 1.63. The highest BCUT2D eigenvalue weighted by Gasteiger charge is 2.39. The smallest absolute Gasteiger partial charge is 0.368 e. The summed E-state index contributed by atoms with van der Waals surface area (Å²) in [5.74, 6) is -0.241. The highest BCUT2D eigenvalue weighted by molar-refractivity contribution is 6.31. The summed E-state index contributed by atoms with van der Waals surface area (Å²) >= 11 is 12.0. The second-order valence-corrected chi connectivity index (χ2v) is 9.94. The van der Waals surface area contributed by atoms with E-state index in [2.05, 4.69) is 9.97 Å². The van der Waals surface area contributed by atoms with Crippen LogP contribution >= 0.6 is 23.2 Å². The Labute approximate surface area is 210 Å². The van der Waals surface area contributed by atoms with Crippen LogP contribution in [0, 0.1) is 0 Å². The maximum absolute atomic E-state index is 13.4. The highest BCUT2D eigenvalue weighted by Crippen LogP contribution is 2.38. The summed E-state index contributed by atoms with van der Waals surface area (Å²) in [7, 11) is 0. The van der Waals surface area contributed by atoms with Gasteiger partial charge in [-0.2, -0.15) is 13.2 Å². The van der Waals surface area contributed by atoms with Crippen LogP contribution in [0.3, 0.4) is 0 Å². The van der Waals surface area contributed by atoms with E-state index in [4.69, 9.17) is 28.9 Å². The van der Waals surface area contributed by atoms with E-state index in [1.807, 2.05) is 21.9 Å². The minimum atomic E-state index is -4.64. The molecule has 35 heavy (non-hydrogen) atoms. The van der Waals surface area contributed by atoms with Crippen molar-refractivity contribution >= 4 is 45.8 Å². The molecule has 3 N–H and O–H groups in total. The lowest BCUT2D eigenvalue weighted by molar-refractivity contribution is -0.141. The van der Waals surface area contributed by atoms with Gasteiger partial charge in [0.2, 0.25) is 5.91 Å². The topological polar surface area (TPSA) is 78.2 Å². The normalized spacial score (nSPS) is 21.3. The molecule has 1 amide bonds. The average molecular weight is 526 g/mol. The third-order valence-electron chi connectivity index (χ3n) is 6.92. The minimum absolute atomic E-state index is 0.124. The molecule has 1 fully saturated rings. The average Bonchev–Trinajstić information content (AvgIpc) is 3.16. The van der Waals surface area contributed by atoms with Crippen molar-refractivity contribution in [2.75, 3.05) is 24.5 Å². The summed E-state index contributed by atoms with van der Waals surface area (Å²) in [5, 5.41) is 1.16. The monoisotopic (exact) mass is 525 g/mol. The van der Waals surface area contributed by atoms with E-state index >= 15 is 0 Å². The van der Waals surface area contributed by atoms with E-state index in [0.29, 0.717) is 31.1 Å². The van der Waals surface area contributed by atoms with Gasteiger partial charge in [0.1, 0.15) is 11.9 Å². The largest absolute Gasteiger partial charge is 0.434 e. The van der Waals surface area contributed by atoms with E-state index < -0.39 is 28.8 Å². The summed E-state index contributed by atoms with van der Waals surface area (Å²) in [4.78, 5) is 23.8. The van der Waals surface area contributed by atoms with Crippen molar-refractivity contribution in [3.05, 3.63) is 57.3 Å². The molecular formula is C24H24Cl2F3N5O. The maximum Gasteiger partial charge on any atom is 0.434 e. The number of aromatic nitrogens is 2. The van der Waals surface area contributed by atoms with Gasteiger partial charge in [-0.05, 0) is 61.6 Å². The minimum Gasteiger partial charge on any atom is -0.368 e. The lowest BCUT2D eigenvalue weighted by Gasteiger charge is -2.42. The van der Waals surface area contributed by atoms with Crippen molar-refractivity contribution in [2.45, 2.75) is 43.9 Å². The Kier molecular flexibility index (Phi) is 6.35. The van der Waals surface area contributed by atoms with E-state index in [0.717, 1.165) is 41.4 Å². The molecule has 0 bridgehead atoms. The van der Waals surface area contributed by atoms with Crippen LogP contribution in [-0.2, 0) is 17.4 Å². The zero-order valence-electron chi connectivity index (χ0n) is 18.7. The number of amides is 1. The number of nitrogens with zero attached hydrogens (tertiary/aromatic N) is 3. The molecule has 0 spiro atoms. The summed E-state index contributed by atoms with van der Waals surface area (Å²) in [6, 6.07) is 7.53. The van der Waals surface area contributed by atoms with Crippen LogP contribution in [-0.4, -0.2) is 46.5 Å². The Balaban J connectivity index is 1.45. The molecular weight excluding hydrogens is 502 g/mol. The zero-order chi connectivity index (χ0) is 24.9. The Hall–Kier alpha value is -2.49. The Morgan fingerprint density at radius 1 is 1.17 bits per heavy atom. The van der Waals surface area contributed by atoms with Gasteiger partial charge in [0.05, 0.1) is 5.02 Å². The SMILES string of the molecule is NC(=O)C1c2[nH]c3ccc(Cl)cc3c2CCN1CC1CCCCN1c1ccc(Cl)c(C(F)(F)F)n1. The van der Waals surface area contributed by atoms with E-state index in [9.17, 15) is 18.0 Å². The molecule has 186 valence electrons. The van der Waals surface area contributed by atoms with Crippen LogP contribution in [0.4, 0.5) is 19.0 Å². The predicted octanol–water partition coefficient (Wildman–Crippen LogP) is 5.33. The molecule has 1 aromatic carbocycles. The van der Waals surface area contributed by atoms with Crippen molar-refractivity contribution in [3.63, 3.8) is 0 Å². The third-order valence-corrected chi connectivity index (χ3v) is 7.46. The molecule has 0 aliphatic carbocycles. The quantitative estimate of drug-likeness (QED) is 0.482. The van der Waals surface area contributed by atoms with Gasteiger partial charge >= 0.3 is 6.18 Å². The number of fused-ring (bicyclic) bond motifs is 3. The number of primary amides is 1. The molecule has 1 saturated heterocycles. The van der Waals surface area contributed by atoms with Gasteiger partial charge in [0.25, 0.3) is 0 Å². The number of piperidine rings is 1. The molecule has 6 nitrogen and oxygen atoms in total. The number of nitrogens with one attached hydrogen (secondary N) is 1. The number of H-pyrrole nitrogens is 1. The van der Waals surface area contributed by atoms with Crippen LogP contribution in [0.25, 0.3) is 10.9 Å². The molecule has 0 saturated carbocycles. The van der Waals surface area contributed by atoms with E-state index in [-0.39, 0.29) is 11.9 Å². The van der Waals surface area contributed by atoms with Crippen LogP contribution in [0.1, 0.15) is 42.3 Å². The zero-order valence-corrected chi connectivity index (χ0v) is 20.2. The van der Waals surface area contributed by atoms with Crippen molar-refractivity contribution < 1.29 is 18.0 Å². The first kappa shape index (κ1) is 24.2. The number of hydrogen-bond acceptors (Lipinski definition) is 4.